The maximum atomic E-state index is 13.1. The first kappa shape index (κ1) is 23.1. The van der Waals surface area contributed by atoms with Crippen molar-refractivity contribution in [2.75, 3.05) is 26.2 Å². The topological polar surface area (TPSA) is 69.7 Å². The van der Waals surface area contributed by atoms with Crippen molar-refractivity contribution in [2.24, 2.45) is 11.8 Å². The number of nitrogens with zero attached hydrogens (tertiary/aromatic N) is 2. The fraction of sp³-hybridized carbons (Fsp3) is 0.875. The van der Waals surface area contributed by atoms with E-state index < -0.39 is 6.04 Å². The Morgan fingerprint density at radius 3 is 2.07 bits per heavy atom. The van der Waals surface area contributed by atoms with Gasteiger partial charge in [-0.3, -0.25) is 14.4 Å². The molecule has 2 atom stereocenters. The second kappa shape index (κ2) is 11.7. The largest absolute Gasteiger partial charge is 0.344 e. The smallest absolute Gasteiger partial charge is 0.245 e. The lowest BCUT2D eigenvalue weighted by molar-refractivity contribution is -0.138. The maximum Gasteiger partial charge on any atom is 0.245 e. The Kier molecular flexibility index (Phi) is 9.01. The lowest BCUT2D eigenvalue weighted by Crippen LogP contribution is -2.50. The van der Waals surface area contributed by atoms with Crippen molar-refractivity contribution in [3.05, 3.63) is 0 Å². The van der Waals surface area contributed by atoms with Gasteiger partial charge in [-0.1, -0.05) is 39.0 Å². The van der Waals surface area contributed by atoms with Gasteiger partial charge in [-0.2, -0.15) is 0 Å². The van der Waals surface area contributed by atoms with Gasteiger partial charge in [0.1, 0.15) is 6.04 Å². The SMILES string of the molecule is C[C@@H](CC(=O)N[C@@H](CCC(=O)N1CCCC1)C(=O)N1CCCCC1)C1CCCCC1. The predicted octanol–water partition coefficient (Wildman–Crippen LogP) is 3.49. The van der Waals surface area contributed by atoms with Crippen LogP contribution in [0.3, 0.4) is 0 Å². The summed E-state index contributed by atoms with van der Waals surface area (Å²) < 4.78 is 0. The van der Waals surface area contributed by atoms with E-state index in [0.29, 0.717) is 31.1 Å². The van der Waals surface area contributed by atoms with Gasteiger partial charge in [-0.25, -0.2) is 0 Å². The van der Waals surface area contributed by atoms with E-state index in [9.17, 15) is 14.4 Å². The Bertz CT molecular complexity index is 576. The molecule has 2 saturated heterocycles. The standard InChI is InChI=1S/C24H41N3O3/c1-19(20-10-4-2-5-11-20)18-22(28)25-21(24(30)27-16-6-3-7-17-27)12-13-23(29)26-14-8-9-15-26/h19-21H,2-18H2,1H3,(H,25,28)/t19-,21-/m0/s1. The van der Waals surface area contributed by atoms with Crippen LogP contribution in [-0.4, -0.2) is 59.7 Å². The van der Waals surface area contributed by atoms with Gasteiger partial charge >= 0.3 is 0 Å². The van der Waals surface area contributed by atoms with E-state index in [1.54, 1.807) is 0 Å². The number of hydrogen-bond acceptors (Lipinski definition) is 3. The summed E-state index contributed by atoms with van der Waals surface area (Å²) in [5.41, 5.74) is 0. The molecule has 0 aromatic heterocycles. The van der Waals surface area contributed by atoms with Crippen LogP contribution in [0, 0.1) is 11.8 Å². The molecule has 0 aromatic rings. The van der Waals surface area contributed by atoms with Crippen molar-refractivity contribution in [1.29, 1.82) is 0 Å². The zero-order valence-corrected chi connectivity index (χ0v) is 18.9. The van der Waals surface area contributed by atoms with Crippen molar-refractivity contribution >= 4 is 17.7 Å². The molecular weight excluding hydrogens is 378 g/mol. The van der Waals surface area contributed by atoms with E-state index >= 15 is 0 Å². The predicted molar refractivity (Wildman–Crippen MR) is 118 cm³/mol. The molecule has 0 unspecified atom stereocenters. The zero-order chi connectivity index (χ0) is 21.3. The Morgan fingerprint density at radius 1 is 0.833 bits per heavy atom. The molecule has 3 fully saturated rings. The maximum absolute atomic E-state index is 13.1. The number of hydrogen-bond donors (Lipinski definition) is 1. The first-order valence-corrected chi connectivity index (χ1v) is 12.4. The quantitative estimate of drug-likeness (QED) is 0.655. The van der Waals surface area contributed by atoms with Crippen LogP contribution >= 0.6 is 0 Å². The van der Waals surface area contributed by atoms with Crippen molar-refractivity contribution in [2.45, 2.75) is 96.4 Å². The molecule has 3 amide bonds. The fourth-order valence-electron chi connectivity index (χ4n) is 5.40. The molecular formula is C24H41N3O3. The molecule has 1 aliphatic carbocycles. The Labute approximate surface area is 182 Å². The highest BCUT2D eigenvalue weighted by molar-refractivity contribution is 5.88. The summed E-state index contributed by atoms with van der Waals surface area (Å²) in [6.07, 6.45) is 12.9. The number of nitrogens with one attached hydrogen (secondary N) is 1. The van der Waals surface area contributed by atoms with Crippen LogP contribution in [0.5, 0.6) is 0 Å². The third kappa shape index (κ3) is 6.71. The highest BCUT2D eigenvalue weighted by Crippen LogP contribution is 2.31. The van der Waals surface area contributed by atoms with Gasteiger partial charge in [0.05, 0.1) is 0 Å². The van der Waals surface area contributed by atoms with Gasteiger partial charge in [0.15, 0.2) is 0 Å². The molecule has 2 heterocycles. The molecule has 0 spiro atoms. The molecule has 3 aliphatic rings. The van der Waals surface area contributed by atoms with Crippen molar-refractivity contribution in [3.63, 3.8) is 0 Å². The lowest BCUT2D eigenvalue weighted by atomic mass is 9.79. The minimum atomic E-state index is -0.569. The summed E-state index contributed by atoms with van der Waals surface area (Å²) in [5.74, 6) is 1.06. The number of piperidine rings is 1. The second-order valence-corrected chi connectivity index (χ2v) is 9.71. The van der Waals surface area contributed by atoms with Gasteiger partial charge in [-0.15, -0.1) is 0 Å². The number of carbonyl (C=O) groups is 3. The first-order valence-electron chi connectivity index (χ1n) is 12.4. The summed E-state index contributed by atoms with van der Waals surface area (Å²) >= 11 is 0. The lowest BCUT2D eigenvalue weighted by Gasteiger charge is -2.32. The normalized spacial score (nSPS) is 22.6. The third-order valence-corrected chi connectivity index (χ3v) is 7.37. The highest BCUT2D eigenvalue weighted by Gasteiger charge is 2.30. The Hall–Kier alpha value is -1.59. The molecule has 0 bridgehead atoms. The molecule has 3 rings (SSSR count). The van der Waals surface area contributed by atoms with Crippen LogP contribution in [0.15, 0.2) is 0 Å². The molecule has 1 N–H and O–H groups in total. The number of likely N-dealkylation sites (tertiary alicyclic amines) is 2. The first-order chi connectivity index (χ1) is 14.5. The third-order valence-electron chi connectivity index (χ3n) is 7.37. The Morgan fingerprint density at radius 2 is 1.40 bits per heavy atom. The van der Waals surface area contributed by atoms with Crippen molar-refractivity contribution < 1.29 is 14.4 Å². The molecule has 6 heteroatoms. The summed E-state index contributed by atoms with van der Waals surface area (Å²) in [6.45, 7) is 5.37. The van der Waals surface area contributed by atoms with E-state index in [1.165, 1.54) is 32.1 Å². The molecule has 6 nitrogen and oxygen atoms in total. The number of amides is 3. The monoisotopic (exact) mass is 419 g/mol. The van der Waals surface area contributed by atoms with Gasteiger partial charge in [0.25, 0.3) is 0 Å². The van der Waals surface area contributed by atoms with E-state index in [-0.39, 0.29) is 17.7 Å². The van der Waals surface area contributed by atoms with Crippen molar-refractivity contribution in [1.82, 2.24) is 15.1 Å². The minimum absolute atomic E-state index is 0.00240. The van der Waals surface area contributed by atoms with Crippen molar-refractivity contribution in [3.8, 4) is 0 Å². The number of carbonyl (C=O) groups excluding carboxylic acids is 3. The molecule has 2 aliphatic heterocycles. The van der Waals surface area contributed by atoms with Gasteiger partial charge in [-0.05, 0) is 50.4 Å². The zero-order valence-electron chi connectivity index (χ0n) is 18.9. The Balaban J connectivity index is 1.55. The number of rotatable bonds is 8. The van der Waals surface area contributed by atoms with Gasteiger partial charge in [0, 0.05) is 39.0 Å². The van der Waals surface area contributed by atoms with Crippen LogP contribution in [0.4, 0.5) is 0 Å². The van der Waals surface area contributed by atoms with Crippen LogP contribution in [0.25, 0.3) is 0 Å². The second-order valence-electron chi connectivity index (χ2n) is 9.71. The van der Waals surface area contributed by atoms with Crippen LogP contribution in [-0.2, 0) is 14.4 Å². The molecule has 0 aromatic carbocycles. The van der Waals surface area contributed by atoms with E-state index in [4.69, 9.17) is 0 Å². The average molecular weight is 420 g/mol. The van der Waals surface area contributed by atoms with E-state index in [1.807, 2.05) is 9.80 Å². The van der Waals surface area contributed by atoms with Gasteiger partial charge in [0.2, 0.25) is 17.7 Å². The molecule has 170 valence electrons. The summed E-state index contributed by atoms with van der Waals surface area (Å²) in [7, 11) is 0. The average Bonchev–Trinajstić information content (AvgIpc) is 3.32. The fourth-order valence-corrected chi connectivity index (χ4v) is 5.40. The summed E-state index contributed by atoms with van der Waals surface area (Å²) in [5, 5.41) is 3.03. The van der Waals surface area contributed by atoms with Crippen LogP contribution in [0.1, 0.15) is 90.4 Å². The van der Waals surface area contributed by atoms with E-state index in [2.05, 4.69) is 12.2 Å². The van der Waals surface area contributed by atoms with Crippen LogP contribution < -0.4 is 5.32 Å². The highest BCUT2D eigenvalue weighted by atomic mass is 16.2. The minimum Gasteiger partial charge on any atom is -0.344 e. The van der Waals surface area contributed by atoms with E-state index in [0.717, 1.165) is 58.3 Å². The summed E-state index contributed by atoms with van der Waals surface area (Å²) in [6, 6.07) is -0.569. The molecule has 0 radical (unpaired) electrons. The molecule has 30 heavy (non-hydrogen) atoms. The summed E-state index contributed by atoms with van der Waals surface area (Å²) in [4.78, 5) is 42.3. The van der Waals surface area contributed by atoms with Gasteiger partial charge < -0.3 is 15.1 Å². The molecule has 1 saturated carbocycles. The van der Waals surface area contributed by atoms with Crippen LogP contribution in [0.2, 0.25) is 0 Å².